The number of thiophene rings is 1. The minimum Gasteiger partial charge on any atom is -0.497 e. The molecular formula is C26H31N3O10S3. The summed E-state index contributed by atoms with van der Waals surface area (Å²) in [7, 11) is -1.21. The molecule has 1 N–H and O–H groups in total. The van der Waals surface area contributed by atoms with Crippen LogP contribution in [0.1, 0.15) is 39.4 Å². The van der Waals surface area contributed by atoms with Gasteiger partial charge in [-0.05, 0) is 44.5 Å². The molecule has 0 bridgehead atoms. The predicted octanol–water partition coefficient (Wildman–Crippen LogP) is 2.56. The molecule has 0 aliphatic carbocycles. The highest BCUT2D eigenvalue weighted by Crippen LogP contribution is 2.34. The average molecular weight is 642 g/mol. The van der Waals surface area contributed by atoms with E-state index in [1.807, 2.05) is 0 Å². The molecular weight excluding hydrogens is 610 g/mol. The number of thiazole rings is 1. The van der Waals surface area contributed by atoms with Crippen molar-refractivity contribution in [1.82, 2.24) is 4.57 Å². The number of carbonyl (C=O) groups excluding carboxylic acids is 4. The van der Waals surface area contributed by atoms with E-state index in [9.17, 15) is 27.6 Å². The van der Waals surface area contributed by atoms with Crippen molar-refractivity contribution in [1.29, 1.82) is 0 Å². The van der Waals surface area contributed by atoms with Crippen molar-refractivity contribution in [3.63, 3.8) is 0 Å². The van der Waals surface area contributed by atoms with Crippen LogP contribution in [-0.4, -0.2) is 82.3 Å². The highest BCUT2D eigenvalue weighted by atomic mass is 32.2. The van der Waals surface area contributed by atoms with E-state index in [0.29, 0.717) is 18.9 Å². The molecule has 2 amide bonds. The summed E-state index contributed by atoms with van der Waals surface area (Å²) in [6.07, 6.45) is 0. The lowest BCUT2D eigenvalue weighted by Crippen LogP contribution is -2.28. The van der Waals surface area contributed by atoms with Crippen molar-refractivity contribution in [3.8, 4) is 5.75 Å². The van der Waals surface area contributed by atoms with Crippen LogP contribution in [0, 0.1) is 6.92 Å². The third-order valence-electron chi connectivity index (χ3n) is 5.66. The molecule has 0 unspecified atom stereocenters. The highest BCUT2D eigenvalue weighted by molar-refractivity contribution is 7.92. The standard InChI is InChI=1S/C26H31N3O10S3/c1-6-38-24(32)21-15(3)22(25(33)39-7-2)41-23(21)27-19(30)13-42(34,35)14-20(31)28-26-29(10-11-36-4)17-9-8-16(37-5)12-18(17)40-26/h8-9,12H,6-7,10-11,13-14H2,1-5H3,(H,27,30). The van der Waals surface area contributed by atoms with Crippen LogP contribution in [0.4, 0.5) is 5.00 Å². The number of carbonyl (C=O) groups is 4. The molecule has 13 nitrogen and oxygen atoms in total. The number of ether oxygens (including phenoxy) is 4. The first-order chi connectivity index (χ1) is 19.9. The van der Waals surface area contributed by atoms with Crippen LogP contribution in [0.15, 0.2) is 23.2 Å². The number of nitrogens with one attached hydrogen (secondary N) is 1. The summed E-state index contributed by atoms with van der Waals surface area (Å²) >= 11 is 1.94. The molecule has 3 rings (SSSR count). The third-order valence-corrected chi connectivity index (χ3v) is 9.28. The number of sulfone groups is 1. The van der Waals surface area contributed by atoms with Crippen LogP contribution in [-0.2, 0) is 40.2 Å². The first-order valence-electron chi connectivity index (χ1n) is 12.7. The number of methoxy groups -OCH3 is 2. The number of fused-ring (bicyclic) bond motifs is 1. The molecule has 1 aromatic carbocycles. The Morgan fingerprint density at radius 3 is 2.33 bits per heavy atom. The number of esters is 2. The van der Waals surface area contributed by atoms with Crippen LogP contribution in [0.5, 0.6) is 5.75 Å². The summed E-state index contributed by atoms with van der Waals surface area (Å²) in [5, 5.41) is 2.31. The molecule has 0 spiro atoms. The lowest BCUT2D eigenvalue weighted by Gasteiger charge is -2.07. The van der Waals surface area contributed by atoms with Gasteiger partial charge in [0.2, 0.25) is 5.91 Å². The van der Waals surface area contributed by atoms with E-state index in [4.69, 9.17) is 18.9 Å². The van der Waals surface area contributed by atoms with Gasteiger partial charge >= 0.3 is 11.9 Å². The molecule has 228 valence electrons. The fourth-order valence-electron chi connectivity index (χ4n) is 3.85. The summed E-state index contributed by atoms with van der Waals surface area (Å²) < 4.78 is 48.5. The normalized spacial score (nSPS) is 11.9. The second-order valence-corrected chi connectivity index (χ2v) is 12.7. The average Bonchev–Trinajstić information content (AvgIpc) is 3.42. The summed E-state index contributed by atoms with van der Waals surface area (Å²) in [5.41, 5.74) is 0.910. The number of amides is 2. The molecule has 0 saturated carbocycles. The molecule has 0 fully saturated rings. The first kappa shape index (κ1) is 32.9. The van der Waals surface area contributed by atoms with Gasteiger partial charge in [-0.3, -0.25) is 9.59 Å². The van der Waals surface area contributed by atoms with E-state index in [1.165, 1.54) is 32.5 Å². The van der Waals surface area contributed by atoms with Crippen molar-refractivity contribution < 1.29 is 46.5 Å². The maximum atomic E-state index is 12.8. The zero-order chi connectivity index (χ0) is 31.0. The van der Waals surface area contributed by atoms with E-state index in [1.54, 1.807) is 36.6 Å². The Balaban J connectivity index is 1.82. The van der Waals surface area contributed by atoms with Gasteiger partial charge in [0, 0.05) is 13.7 Å². The zero-order valence-corrected chi connectivity index (χ0v) is 26.1. The van der Waals surface area contributed by atoms with Crippen molar-refractivity contribution in [3.05, 3.63) is 39.0 Å². The van der Waals surface area contributed by atoms with E-state index < -0.39 is 45.1 Å². The predicted molar refractivity (Wildman–Crippen MR) is 157 cm³/mol. The summed E-state index contributed by atoms with van der Waals surface area (Å²) in [6.45, 7) is 5.51. The number of rotatable bonds is 13. The van der Waals surface area contributed by atoms with Crippen LogP contribution in [0.3, 0.4) is 0 Å². The fourth-order valence-corrected chi connectivity index (χ4v) is 7.07. The Kier molecular flexibility index (Phi) is 11.4. The van der Waals surface area contributed by atoms with Crippen LogP contribution in [0.25, 0.3) is 10.2 Å². The van der Waals surface area contributed by atoms with Crippen molar-refractivity contribution in [2.24, 2.45) is 4.99 Å². The Morgan fingerprint density at radius 1 is 1.00 bits per heavy atom. The number of anilines is 1. The molecule has 0 atom stereocenters. The van der Waals surface area contributed by atoms with Gasteiger partial charge in [0.1, 0.15) is 27.1 Å². The van der Waals surface area contributed by atoms with Gasteiger partial charge in [-0.1, -0.05) is 11.3 Å². The monoisotopic (exact) mass is 641 g/mol. The second kappa shape index (κ2) is 14.5. The minimum atomic E-state index is -4.27. The number of benzene rings is 1. The lowest BCUT2D eigenvalue weighted by atomic mass is 10.1. The molecule has 42 heavy (non-hydrogen) atoms. The molecule has 2 heterocycles. The molecule has 0 radical (unpaired) electrons. The van der Waals surface area contributed by atoms with Crippen LogP contribution >= 0.6 is 22.7 Å². The Labute approximate surface area is 250 Å². The molecule has 2 aromatic heterocycles. The Hall–Kier alpha value is -3.60. The van der Waals surface area contributed by atoms with E-state index >= 15 is 0 Å². The smallest absolute Gasteiger partial charge is 0.348 e. The van der Waals surface area contributed by atoms with Crippen molar-refractivity contribution in [2.45, 2.75) is 27.3 Å². The van der Waals surface area contributed by atoms with Crippen molar-refractivity contribution in [2.75, 3.05) is 50.9 Å². The topological polar surface area (TPSA) is 169 Å². The van der Waals surface area contributed by atoms with Gasteiger partial charge in [-0.15, -0.1) is 11.3 Å². The first-order valence-corrected chi connectivity index (χ1v) is 16.1. The van der Waals surface area contributed by atoms with E-state index in [-0.39, 0.29) is 39.0 Å². The molecule has 3 aromatic rings. The van der Waals surface area contributed by atoms with Gasteiger partial charge in [0.25, 0.3) is 5.91 Å². The third kappa shape index (κ3) is 8.02. The quantitative estimate of drug-likeness (QED) is 0.274. The second-order valence-electron chi connectivity index (χ2n) is 8.65. The zero-order valence-electron chi connectivity index (χ0n) is 23.7. The SMILES string of the molecule is CCOC(=O)c1sc(NC(=O)CS(=O)(=O)CC(=O)N=c2sc3cc(OC)ccc3n2CCOC)c(C(=O)OCC)c1C. The molecule has 16 heteroatoms. The van der Waals surface area contributed by atoms with Gasteiger partial charge in [0.15, 0.2) is 14.6 Å². The van der Waals surface area contributed by atoms with Crippen LogP contribution < -0.4 is 14.9 Å². The number of hydrogen-bond donors (Lipinski definition) is 1. The van der Waals surface area contributed by atoms with Crippen molar-refractivity contribution >= 4 is 71.5 Å². The van der Waals surface area contributed by atoms with E-state index in [0.717, 1.165) is 21.6 Å². The number of nitrogens with zero attached hydrogens (tertiary/aromatic N) is 2. The van der Waals surface area contributed by atoms with E-state index in [2.05, 4.69) is 10.3 Å². The largest absolute Gasteiger partial charge is 0.497 e. The van der Waals surface area contributed by atoms with Crippen LogP contribution in [0.2, 0.25) is 0 Å². The van der Waals surface area contributed by atoms with Gasteiger partial charge < -0.3 is 28.8 Å². The Bertz CT molecular complexity index is 1670. The summed E-state index contributed by atoms with van der Waals surface area (Å²) in [6, 6.07) is 5.33. The fraction of sp³-hybridized carbons (Fsp3) is 0.423. The van der Waals surface area contributed by atoms with Gasteiger partial charge in [-0.2, -0.15) is 4.99 Å². The molecule has 0 aliphatic rings. The summed E-state index contributed by atoms with van der Waals surface area (Å²) in [5.74, 6) is -4.94. The highest BCUT2D eigenvalue weighted by Gasteiger charge is 2.29. The molecule has 0 saturated heterocycles. The maximum absolute atomic E-state index is 12.8. The minimum absolute atomic E-state index is 0.0368. The van der Waals surface area contributed by atoms with Gasteiger partial charge in [-0.25, -0.2) is 18.0 Å². The maximum Gasteiger partial charge on any atom is 0.348 e. The number of hydrogen-bond acceptors (Lipinski definition) is 12. The lowest BCUT2D eigenvalue weighted by molar-refractivity contribution is -0.115. The van der Waals surface area contributed by atoms with Gasteiger partial charge in [0.05, 0.1) is 42.7 Å². The molecule has 0 aliphatic heterocycles. The summed E-state index contributed by atoms with van der Waals surface area (Å²) in [4.78, 5) is 54.7. The number of aromatic nitrogens is 1. The Morgan fingerprint density at radius 2 is 1.69 bits per heavy atom.